The van der Waals surface area contributed by atoms with Crippen LogP contribution in [-0.2, 0) is 19.4 Å². The van der Waals surface area contributed by atoms with Gasteiger partial charge in [-0.3, -0.25) is 9.69 Å². The van der Waals surface area contributed by atoms with Crippen LogP contribution in [0.3, 0.4) is 0 Å². The molecule has 1 saturated heterocycles. The van der Waals surface area contributed by atoms with Crippen LogP contribution in [-0.4, -0.2) is 67.1 Å². The summed E-state index contributed by atoms with van der Waals surface area (Å²) in [5.41, 5.74) is 0.132. The number of hydrogen-bond acceptors (Lipinski definition) is 6. The maximum Gasteiger partial charge on any atom is 0.334 e. The molecule has 0 radical (unpaired) electrons. The highest BCUT2D eigenvalue weighted by Crippen LogP contribution is 2.18. The van der Waals surface area contributed by atoms with Crippen molar-refractivity contribution in [2.24, 2.45) is 0 Å². The number of nitrogens with one attached hydrogen (secondary N) is 1. The zero-order valence-electron chi connectivity index (χ0n) is 13.1. The van der Waals surface area contributed by atoms with E-state index in [1.807, 2.05) is 0 Å². The zero-order valence-corrected chi connectivity index (χ0v) is 13.9. The van der Waals surface area contributed by atoms with E-state index in [0.29, 0.717) is 0 Å². The summed E-state index contributed by atoms with van der Waals surface area (Å²) in [6.07, 6.45) is 1.30. The van der Waals surface area contributed by atoms with Crippen molar-refractivity contribution in [1.29, 1.82) is 0 Å². The predicted molar refractivity (Wildman–Crippen MR) is 83.3 cm³/mol. The Morgan fingerprint density at radius 2 is 1.84 bits per heavy atom. The van der Waals surface area contributed by atoms with Crippen LogP contribution in [0, 0.1) is 0 Å². The minimum Gasteiger partial charge on any atom is -0.479 e. The van der Waals surface area contributed by atoms with Crippen LogP contribution in [0.4, 0.5) is 9.59 Å². The Bertz CT molecular complexity index is 819. The van der Waals surface area contributed by atoms with Crippen LogP contribution in [0.1, 0.15) is 11.6 Å². The second-order valence-electron chi connectivity index (χ2n) is 5.29. The minimum atomic E-state index is -3.44. The third-order valence-electron chi connectivity index (χ3n) is 3.57. The molecule has 1 aromatic carbocycles. The standard InChI is InChI=1S/C14H15N3O7S/c1-25(23,24)10-4-2-9(3-5-10)11(12(19)20)15-13(21)17-7-6-16(8-18)14(17)22/h2-5,8,11H,6-7H2,1H3,(H,15,21)(H,19,20). The van der Waals surface area contributed by atoms with Crippen molar-refractivity contribution >= 4 is 34.3 Å². The van der Waals surface area contributed by atoms with Crippen LogP contribution in [0.15, 0.2) is 29.2 Å². The number of rotatable bonds is 5. The van der Waals surface area contributed by atoms with E-state index < -0.39 is 33.9 Å². The number of carbonyl (C=O) groups is 4. The summed E-state index contributed by atoms with van der Waals surface area (Å²) in [6, 6.07) is 1.68. The lowest BCUT2D eigenvalue weighted by molar-refractivity contribution is -0.139. The molecular weight excluding hydrogens is 354 g/mol. The van der Waals surface area contributed by atoms with E-state index in [1.165, 1.54) is 24.3 Å². The van der Waals surface area contributed by atoms with E-state index in [1.54, 1.807) is 0 Å². The molecule has 2 rings (SSSR count). The Morgan fingerprint density at radius 1 is 1.24 bits per heavy atom. The van der Waals surface area contributed by atoms with Crippen LogP contribution in [0.2, 0.25) is 0 Å². The number of nitrogens with zero attached hydrogens (tertiary/aromatic N) is 2. The molecule has 0 aliphatic carbocycles. The number of hydrogen-bond donors (Lipinski definition) is 2. The van der Waals surface area contributed by atoms with Crippen molar-refractivity contribution < 1.29 is 32.7 Å². The molecule has 25 heavy (non-hydrogen) atoms. The topological polar surface area (TPSA) is 141 Å². The van der Waals surface area contributed by atoms with Crippen molar-refractivity contribution in [3.63, 3.8) is 0 Å². The molecule has 0 spiro atoms. The fourth-order valence-corrected chi connectivity index (χ4v) is 2.87. The average Bonchev–Trinajstić information content (AvgIpc) is 2.92. The van der Waals surface area contributed by atoms with Crippen LogP contribution in [0.5, 0.6) is 0 Å². The van der Waals surface area contributed by atoms with E-state index >= 15 is 0 Å². The Morgan fingerprint density at radius 3 is 2.28 bits per heavy atom. The first-order chi connectivity index (χ1) is 11.6. The lowest BCUT2D eigenvalue weighted by Gasteiger charge is -2.19. The number of carbonyl (C=O) groups excluding carboxylic acids is 3. The van der Waals surface area contributed by atoms with Crippen LogP contribution in [0.25, 0.3) is 0 Å². The summed E-state index contributed by atoms with van der Waals surface area (Å²) < 4.78 is 22.9. The number of aliphatic carboxylic acids is 1. The van der Waals surface area contributed by atoms with Gasteiger partial charge in [-0.05, 0) is 17.7 Å². The second-order valence-corrected chi connectivity index (χ2v) is 7.31. The summed E-state index contributed by atoms with van der Waals surface area (Å²) in [5.74, 6) is -1.39. The van der Waals surface area contributed by atoms with Gasteiger partial charge in [-0.15, -0.1) is 0 Å². The molecule has 2 N–H and O–H groups in total. The van der Waals surface area contributed by atoms with Gasteiger partial charge in [0, 0.05) is 12.8 Å². The van der Waals surface area contributed by atoms with Gasteiger partial charge in [0.1, 0.15) is 0 Å². The minimum absolute atomic E-state index is 0.00283. The normalized spacial score (nSPS) is 15.8. The molecular formula is C14H15N3O7S. The second kappa shape index (κ2) is 6.89. The van der Waals surface area contributed by atoms with Crippen LogP contribution >= 0.6 is 0 Å². The van der Waals surface area contributed by atoms with Crippen LogP contribution < -0.4 is 5.32 Å². The summed E-state index contributed by atoms with van der Waals surface area (Å²) in [7, 11) is -3.44. The fraction of sp³-hybridized carbons (Fsp3) is 0.286. The number of carboxylic acids is 1. The van der Waals surface area contributed by atoms with Gasteiger partial charge < -0.3 is 10.4 Å². The molecule has 1 fully saturated rings. The van der Waals surface area contributed by atoms with E-state index in [2.05, 4.69) is 5.32 Å². The molecule has 1 heterocycles. The first kappa shape index (κ1) is 18.4. The maximum atomic E-state index is 12.1. The third kappa shape index (κ3) is 3.94. The molecule has 1 unspecified atom stereocenters. The maximum absolute atomic E-state index is 12.1. The first-order valence-electron chi connectivity index (χ1n) is 7.02. The summed E-state index contributed by atoms with van der Waals surface area (Å²) >= 11 is 0. The molecule has 1 aromatic rings. The highest BCUT2D eigenvalue weighted by molar-refractivity contribution is 7.90. The SMILES string of the molecule is CS(=O)(=O)c1ccc(C(NC(=O)N2CCN(C=O)C2=O)C(=O)O)cc1. The van der Waals surface area contributed by atoms with Gasteiger partial charge in [0.05, 0.1) is 11.4 Å². The smallest absolute Gasteiger partial charge is 0.334 e. The molecule has 0 aromatic heterocycles. The van der Waals surface area contributed by atoms with Gasteiger partial charge in [0.2, 0.25) is 6.41 Å². The lowest BCUT2D eigenvalue weighted by atomic mass is 10.1. The molecule has 1 atom stereocenters. The van der Waals surface area contributed by atoms with Crippen molar-refractivity contribution in [3.8, 4) is 0 Å². The molecule has 0 saturated carbocycles. The third-order valence-corrected chi connectivity index (χ3v) is 4.70. The Hall–Kier alpha value is -2.95. The monoisotopic (exact) mass is 369 g/mol. The highest BCUT2D eigenvalue weighted by atomic mass is 32.2. The van der Waals surface area contributed by atoms with Gasteiger partial charge in [-0.2, -0.15) is 0 Å². The number of amides is 5. The van der Waals surface area contributed by atoms with Crippen molar-refractivity contribution in [2.45, 2.75) is 10.9 Å². The van der Waals surface area contributed by atoms with Gasteiger partial charge in [0.15, 0.2) is 15.9 Å². The highest BCUT2D eigenvalue weighted by Gasteiger charge is 2.35. The zero-order chi connectivity index (χ0) is 18.8. The summed E-state index contributed by atoms with van der Waals surface area (Å²) in [6.45, 7) is -0.0285. The molecule has 5 amide bonds. The van der Waals surface area contributed by atoms with Gasteiger partial charge in [0.25, 0.3) is 0 Å². The number of benzene rings is 1. The molecule has 1 aliphatic heterocycles. The molecule has 0 bridgehead atoms. The molecule has 1 aliphatic rings. The molecule has 11 heteroatoms. The fourth-order valence-electron chi connectivity index (χ4n) is 2.24. The van der Waals surface area contributed by atoms with Crippen molar-refractivity contribution in [3.05, 3.63) is 29.8 Å². The van der Waals surface area contributed by atoms with Crippen molar-refractivity contribution in [2.75, 3.05) is 19.3 Å². The number of imide groups is 2. The lowest BCUT2D eigenvalue weighted by Crippen LogP contribution is -2.45. The number of urea groups is 2. The van der Waals surface area contributed by atoms with Gasteiger partial charge in [-0.1, -0.05) is 12.1 Å². The summed E-state index contributed by atoms with van der Waals surface area (Å²) in [4.78, 5) is 47.5. The Labute approximate surface area is 142 Å². The van der Waals surface area contributed by atoms with E-state index in [4.69, 9.17) is 0 Å². The molecule has 10 nitrogen and oxygen atoms in total. The first-order valence-corrected chi connectivity index (χ1v) is 8.91. The Kier molecular flexibility index (Phi) is 5.07. The molecule has 134 valence electrons. The largest absolute Gasteiger partial charge is 0.479 e. The van der Waals surface area contributed by atoms with Gasteiger partial charge in [-0.25, -0.2) is 27.7 Å². The van der Waals surface area contributed by atoms with E-state index in [9.17, 15) is 32.7 Å². The summed E-state index contributed by atoms with van der Waals surface area (Å²) in [5, 5.41) is 11.5. The van der Waals surface area contributed by atoms with Gasteiger partial charge >= 0.3 is 18.0 Å². The Balaban J connectivity index is 2.19. The van der Waals surface area contributed by atoms with E-state index in [0.717, 1.165) is 16.1 Å². The average molecular weight is 369 g/mol. The van der Waals surface area contributed by atoms with E-state index in [-0.39, 0.29) is 30.0 Å². The van der Waals surface area contributed by atoms with Crippen molar-refractivity contribution in [1.82, 2.24) is 15.1 Å². The predicted octanol–water partition coefficient (Wildman–Crippen LogP) is -0.181. The number of sulfone groups is 1. The quantitative estimate of drug-likeness (QED) is 0.686. The number of carboxylic acid groups (broad SMARTS) is 1.